The molecule has 16 N–H and O–H groups in total. The highest BCUT2D eigenvalue weighted by Gasteiger charge is 2.38. The number of hydrogen-bond acceptors (Lipinski definition) is 16. The number of nitrogens with one attached hydrogen (secondary N) is 4. The zero-order valence-corrected chi connectivity index (χ0v) is 53.7. The normalized spacial score (nSPS) is 23.4. The zero-order valence-electron chi connectivity index (χ0n) is 50.7. The van der Waals surface area contributed by atoms with Crippen LogP contribution in [0.5, 0.6) is 0 Å². The number of hydrogen-bond donors (Lipinski definition) is 12. The van der Waals surface area contributed by atoms with Crippen LogP contribution in [0.1, 0.15) is 210 Å². The van der Waals surface area contributed by atoms with Gasteiger partial charge >= 0.3 is 0 Å². The Labute approximate surface area is 549 Å². The summed E-state index contributed by atoms with van der Waals surface area (Å²) in [6.45, 7) is 0. The van der Waals surface area contributed by atoms with Crippen molar-refractivity contribution in [2.24, 2.45) is 0 Å². The lowest BCUT2D eigenvalue weighted by Gasteiger charge is -2.21. The quantitative estimate of drug-likeness (QED) is 0.0789. The number of nitrogen functional groups attached to an aromatic ring is 4. The Morgan fingerprint density at radius 2 is 0.565 bits per heavy atom. The molecular formula is C64H76Cl4N16O8. The Balaban J connectivity index is 0.000000112. The summed E-state index contributed by atoms with van der Waals surface area (Å²) in [5.41, 5.74) is 39.2. The maximum absolute atomic E-state index is 13.0. The average Bonchev–Trinajstić information content (AvgIpc) is 1.67. The van der Waals surface area contributed by atoms with E-state index in [1.54, 1.807) is 0 Å². The maximum atomic E-state index is 13.0. The van der Waals surface area contributed by atoms with Gasteiger partial charge in [-0.05, 0) is 175 Å². The van der Waals surface area contributed by atoms with Gasteiger partial charge in [0.2, 0.25) is 0 Å². The summed E-state index contributed by atoms with van der Waals surface area (Å²) in [7, 11) is 0. The van der Waals surface area contributed by atoms with Crippen molar-refractivity contribution in [3.63, 3.8) is 0 Å². The number of nitrogens with two attached hydrogens (primary N) is 4. The number of fused-ring (bicyclic) bond motifs is 8. The van der Waals surface area contributed by atoms with Crippen LogP contribution in [0.4, 0.5) is 23.3 Å². The van der Waals surface area contributed by atoms with Crippen molar-refractivity contribution in [3.05, 3.63) is 135 Å². The van der Waals surface area contributed by atoms with Gasteiger partial charge in [0.05, 0.1) is 70.9 Å². The summed E-state index contributed by atoms with van der Waals surface area (Å²) in [4.78, 5) is 64.5. The molecule has 8 aromatic rings. The van der Waals surface area contributed by atoms with Gasteiger partial charge in [-0.1, -0.05) is 46.4 Å². The molecule has 0 spiro atoms. The number of rotatable bonds is 4. The molecule has 0 saturated heterocycles. The molecule has 0 unspecified atom stereocenters. The SMILES string of the molecule is Nc1c2c(nn1C(=O)[C@@H]1CCCc3[nH]c(Cl)cc31)CC[C@@H](O)C2.Nc1c2c(nn1C(=O)[C@@H]1CCCc3[nH]c(Cl)cc31)CC[C@H](O)C2.Nc1c2c(nn1C(=O)[C@H]1CCCc3[nH]c(Cl)cc31)CC[C@@H](O)C2.Nc1c2c(nn1C(=O)[C@H]1CCCc3[nH]c(Cl)cc31)CC[C@H](O)C2. The number of carbonyl (C=O) groups is 4. The van der Waals surface area contributed by atoms with E-state index in [0.717, 1.165) is 167 Å². The number of nitrogens with zero attached hydrogens (tertiary/aromatic N) is 8. The summed E-state index contributed by atoms with van der Waals surface area (Å²) < 4.78 is 5.35. The molecule has 8 aliphatic carbocycles. The van der Waals surface area contributed by atoms with Crippen molar-refractivity contribution in [1.82, 2.24) is 59.1 Å². The summed E-state index contributed by atoms with van der Waals surface area (Å²) >= 11 is 24.2. The van der Waals surface area contributed by atoms with Gasteiger partial charge in [0.15, 0.2) is 0 Å². The van der Waals surface area contributed by atoms with Crippen molar-refractivity contribution in [3.8, 4) is 0 Å². The van der Waals surface area contributed by atoms with E-state index in [0.29, 0.717) is 121 Å². The fourth-order valence-electron chi connectivity index (χ4n) is 15.1. The number of carbonyl (C=O) groups excluding carboxylic acids is 4. The molecular weight excluding hydrogens is 1260 g/mol. The standard InChI is InChI=1S/4C16H19ClN4O2/c4*17-14-7-10-9(2-1-3-12(10)19-14)16(23)21-15(18)11-6-8(22)4-5-13(11)20-21/h4*7-9,19,22H,1-6,18H2/t2*8-,9+;2*8-,9-/m1010/s1. The van der Waals surface area contributed by atoms with E-state index in [1.165, 1.54) is 18.7 Å². The fourth-order valence-corrected chi connectivity index (χ4v) is 16.0. The van der Waals surface area contributed by atoms with Gasteiger partial charge in [-0.15, -0.1) is 0 Å². The van der Waals surface area contributed by atoms with Gasteiger partial charge in [0, 0.05) is 70.7 Å². The molecule has 8 aromatic heterocycles. The Kier molecular flexibility index (Phi) is 18.0. The predicted octanol–water partition coefficient (Wildman–Crippen LogP) is 8.23. The maximum Gasteiger partial charge on any atom is 0.256 e. The molecule has 0 amide bonds. The first-order chi connectivity index (χ1) is 44.2. The summed E-state index contributed by atoms with van der Waals surface area (Å²) in [5.74, 6) is -0.0126. The number of halogens is 4. The number of anilines is 4. The Morgan fingerprint density at radius 1 is 0.359 bits per heavy atom. The lowest BCUT2D eigenvalue weighted by molar-refractivity contribution is 0.0846. The van der Waals surface area contributed by atoms with Crippen LogP contribution in [0.15, 0.2) is 24.3 Å². The molecule has 8 aliphatic rings. The molecule has 0 bridgehead atoms. The lowest BCUT2D eigenvalue weighted by atomic mass is 9.86. The third kappa shape index (κ3) is 12.2. The van der Waals surface area contributed by atoms with E-state index in [2.05, 4.69) is 40.3 Å². The Morgan fingerprint density at radius 3 is 0.772 bits per heavy atom. The van der Waals surface area contributed by atoms with Gasteiger partial charge < -0.3 is 63.3 Å². The molecule has 0 radical (unpaired) electrons. The van der Waals surface area contributed by atoms with Gasteiger partial charge in [0.1, 0.15) is 43.9 Å². The summed E-state index contributed by atoms with van der Waals surface area (Å²) in [5, 5.41) is 59.2. The second kappa shape index (κ2) is 26.0. The zero-order chi connectivity index (χ0) is 64.5. The minimum Gasteiger partial charge on any atom is -0.393 e. The van der Waals surface area contributed by atoms with Crippen LogP contribution in [0, 0.1) is 0 Å². The van der Waals surface area contributed by atoms with Crippen LogP contribution in [-0.2, 0) is 77.0 Å². The molecule has 28 heteroatoms. The third-order valence-electron chi connectivity index (χ3n) is 19.9. The first-order valence-electron chi connectivity index (χ1n) is 32.0. The van der Waals surface area contributed by atoms with Crippen molar-refractivity contribution in [2.75, 3.05) is 22.9 Å². The van der Waals surface area contributed by atoms with Gasteiger partial charge in [0.25, 0.3) is 23.6 Å². The van der Waals surface area contributed by atoms with E-state index in [4.69, 9.17) is 69.3 Å². The van der Waals surface area contributed by atoms with E-state index in [1.807, 2.05) is 24.3 Å². The minimum absolute atomic E-state index is 0.108. The number of aromatic amines is 4. The Bertz CT molecular complexity index is 3640. The van der Waals surface area contributed by atoms with Crippen molar-refractivity contribution in [2.45, 2.75) is 202 Å². The molecule has 488 valence electrons. The first-order valence-corrected chi connectivity index (χ1v) is 33.5. The first kappa shape index (κ1) is 63.6. The molecule has 8 heterocycles. The summed E-state index contributed by atoms with van der Waals surface area (Å²) in [6.07, 6.45) is 16.0. The van der Waals surface area contributed by atoms with Gasteiger partial charge in [-0.25, -0.2) is 0 Å². The average molecular weight is 1340 g/mol. The highest BCUT2D eigenvalue weighted by Crippen LogP contribution is 2.41. The van der Waals surface area contributed by atoms with Crippen LogP contribution in [0.3, 0.4) is 0 Å². The fraction of sp³-hybridized carbons (Fsp3) is 0.500. The largest absolute Gasteiger partial charge is 0.393 e. The van der Waals surface area contributed by atoms with E-state index in [9.17, 15) is 39.6 Å². The molecule has 92 heavy (non-hydrogen) atoms. The highest BCUT2D eigenvalue weighted by molar-refractivity contribution is 6.30. The molecule has 8 atom stereocenters. The van der Waals surface area contributed by atoms with Crippen LogP contribution in [0.25, 0.3) is 0 Å². The predicted molar refractivity (Wildman–Crippen MR) is 347 cm³/mol. The number of aromatic nitrogens is 12. The topological polar surface area (TPSA) is 388 Å². The minimum atomic E-state index is -0.401. The van der Waals surface area contributed by atoms with Gasteiger partial charge in [-0.2, -0.15) is 39.1 Å². The highest BCUT2D eigenvalue weighted by atomic mass is 35.5. The molecule has 16 rings (SSSR count). The molecule has 0 saturated carbocycles. The van der Waals surface area contributed by atoms with E-state index in [-0.39, 0.29) is 47.3 Å². The third-order valence-corrected chi connectivity index (χ3v) is 20.7. The second-order valence-corrected chi connectivity index (χ2v) is 27.4. The van der Waals surface area contributed by atoms with Crippen LogP contribution in [0.2, 0.25) is 20.6 Å². The van der Waals surface area contributed by atoms with Crippen molar-refractivity contribution in [1.29, 1.82) is 0 Å². The van der Waals surface area contributed by atoms with Gasteiger partial charge in [-0.3, -0.25) is 19.2 Å². The molecule has 0 fully saturated rings. The number of aryl methyl sites for hydroxylation is 8. The second-order valence-electron chi connectivity index (χ2n) is 25.8. The Hall–Kier alpha value is -7.16. The molecule has 0 aromatic carbocycles. The van der Waals surface area contributed by atoms with Crippen LogP contribution >= 0.6 is 46.4 Å². The summed E-state index contributed by atoms with van der Waals surface area (Å²) in [6, 6.07) is 7.34. The smallest absolute Gasteiger partial charge is 0.256 e. The number of H-pyrrole nitrogens is 4. The van der Waals surface area contributed by atoms with Crippen LogP contribution < -0.4 is 22.9 Å². The van der Waals surface area contributed by atoms with Crippen molar-refractivity contribution >= 4 is 93.3 Å². The van der Waals surface area contributed by atoms with Crippen LogP contribution in [-0.4, -0.2) is 128 Å². The monoisotopic (exact) mass is 1340 g/mol. The van der Waals surface area contributed by atoms with E-state index < -0.39 is 24.4 Å². The number of aliphatic hydroxyl groups excluding tert-OH is 4. The molecule has 24 nitrogen and oxygen atoms in total. The lowest BCUT2D eigenvalue weighted by Crippen LogP contribution is -2.25. The molecule has 0 aliphatic heterocycles. The number of aliphatic hydroxyl groups is 4. The van der Waals surface area contributed by atoms with Crippen molar-refractivity contribution < 1.29 is 39.6 Å². The van der Waals surface area contributed by atoms with E-state index >= 15 is 0 Å².